The summed E-state index contributed by atoms with van der Waals surface area (Å²) in [6, 6.07) is 16.3. The van der Waals surface area contributed by atoms with Crippen LogP contribution in [0.5, 0.6) is 0 Å². The minimum atomic E-state index is -0.0988. The fourth-order valence-electron chi connectivity index (χ4n) is 1.67. The molecule has 0 unspecified atom stereocenters. The number of hydrogen-bond acceptors (Lipinski definition) is 3. The molecule has 0 aliphatic carbocycles. The molecule has 0 atom stereocenters. The summed E-state index contributed by atoms with van der Waals surface area (Å²) < 4.78 is 0. The van der Waals surface area contributed by atoms with Gasteiger partial charge >= 0.3 is 0 Å². The van der Waals surface area contributed by atoms with Gasteiger partial charge in [0, 0.05) is 30.1 Å². The minimum Gasteiger partial charge on any atom is -0.339 e. The number of thioether (sulfide) groups is 1. The van der Waals surface area contributed by atoms with Crippen molar-refractivity contribution < 1.29 is 9.59 Å². The van der Waals surface area contributed by atoms with Crippen LogP contribution in [-0.2, 0) is 0 Å². The van der Waals surface area contributed by atoms with Gasteiger partial charge in [0.1, 0.15) is 0 Å². The lowest BCUT2D eigenvalue weighted by Gasteiger charge is -2.11. The lowest BCUT2D eigenvalue weighted by molar-refractivity contribution is 0.103. The first kappa shape index (κ1) is 21.9. The summed E-state index contributed by atoms with van der Waals surface area (Å²) >= 11 is 1.07. The molecule has 0 saturated heterocycles. The molecule has 1 amide bonds. The quantitative estimate of drug-likeness (QED) is 0.525. The predicted octanol–water partition coefficient (Wildman–Crippen LogP) is 5.74. The van der Waals surface area contributed by atoms with Crippen LogP contribution in [0.4, 0.5) is 4.79 Å². The van der Waals surface area contributed by atoms with E-state index >= 15 is 0 Å². The van der Waals surface area contributed by atoms with Crippen LogP contribution in [-0.4, -0.2) is 30.0 Å². The van der Waals surface area contributed by atoms with Gasteiger partial charge in [-0.25, -0.2) is 0 Å². The molecule has 0 bridgehead atoms. The van der Waals surface area contributed by atoms with Crippen molar-refractivity contribution in [3.8, 4) is 0 Å². The number of hydrogen-bond donors (Lipinski definition) is 0. The smallest absolute Gasteiger partial charge is 0.285 e. The molecule has 0 aliphatic heterocycles. The van der Waals surface area contributed by atoms with Crippen molar-refractivity contribution >= 4 is 22.8 Å². The first-order chi connectivity index (χ1) is 11.6. The highest BCUT2D eigenvalue weighted by molar-refractivity contribution is 8.13. The molecule has 0 radical (unpaired) electrons. The molecular weight excluding hydrogens is 318 g/mol. The molecule has 24 heavy (non-hydrogen) atoms. The largest absolute Gasteiger partial charge is 0.339 e. The lowest BCUT2D eigenvalue weighted by atomic mass is 10.0. The first-order valence-electron chi connectivity index (χ1n) is 8.17. The van der Waals surface area contributed by atoms with Gasteiger partial charge in [-0.1, -0.05) is 70.2 Å². The van der Waals surface area contributed by atoms with Gasteiger partial charge < -0.3 is 4.90 Å². The van der Waals surface area contributed by atoms with Gasteiger partial charge in [0.05, 0.1) is 0 Å². The fraction of sp³-hybridized carbons (Fsp3) is 0.300. The second-order valence-corrected chi connectivity index (χ2v) is 5.45. The Labute approximate surface area is 150 Å². The summed E-state index contributed by atoms with van der Waals surface area (Å²) in [5, 5.41) is -0.0988. The van der Waals surface area contributed by atoms with Gasteiger partial charge in [-0.3, -0.25) is 9.59 Å². The van der Waals surface area contributed by atoms with Crippen LogP contribution in [0.3, 0.4) is 0 Å². The average molecular weight is 346 g/mol. The zero-order valence-electron chi connectivity index (χ0n) is 15.4. The van der Waals surface area contributed by atoms with Crippen molar-refractivity contribution in [2.24, 2.45) is 0 Å². The van der Waals surface area contributed by atoms with Crippen LogP contribution in [0, 0.1) is 0 Å². The topological polar surface area (TPSA) is 37.4 Å². The maximum absolute atomic E-state index is 12.5. The third-order valence-corrected chi connectivity index (χ3v) is 3.85. The van der Waals surface area contributed by atoms with Crippen LogP contribution in [0.25, 0.3) is 0 Å². The maximum Gasteiger partial charge on any atom is 0.285 e. The van der Waals surface area contributed by atoms with Gasteiger partial charge in [-0.15, -0.1) is 0 Å². The van der Waals surface area contributed by atoms with Crippen molar-refractivity contribution in [1.82, 2.24) is 4.90 Å². The highest BCUT2D eigenvalue weighted by Crippen LogP contribution is 2.26. The molecule has 0 fully saturated rings. The number of carbonyl (C=O) groups is 2. The Kier molecular flexibility index (Phi) is 11.3. The fourth-order valence-corrected chi connectivity index (χ4v) is 2.46. The van der Waals surface area contributed by atoms with E-state index in [1.54, 1.807) is 44.4 Å². The Morgan fingerprint density at radius 2 is 1.29 bits per heavy atom. The predicted molar refractivity (Wildman–Crippen MR) is 104 cm³/mol. The Morgan fingerprint density at radius 1 is 0.792 bits per heavy atom. The van der Waals surface area contributed by atoms with Crippen molar-refractivity contribution in [2.75, 3.05) is 14.1 Å². The standard InChI is InChI=1S/C16H15NO2S.2C2H6/c1-17(2)16(19)20-14-11-7-6-10-13(14)15(18)12-8-4-3-5-9-12;2*1-2/h3-11H,1-2H3;2*1-2H3. The Hall–Kier alpha value is -2.07. The van der Waals surface area contributed by atoms with Crippen molar-refractivity contribution in [3.05, 3.63) is 65.7 Å². The molecule has 0 aliphatic rings. The molecule has 0 saturated carbocycles. The van der Waals surface area contributed by atoms with E-state index in [2.05, 4.69) is 0 Å². The molecular formula is C20H27NO2S. The molecule has 0 spiro atoms. The Bertz CT molecular complexity index is 625. The van der Waals surface area contributed by atoms with E-state index in [-0.39, 0.29) is 11.0 Å². The molecule has 130 valence electrons. The number of nitrogens with zero attached hydrogens (tertiary/aromatic N) is 1. The normalized spacial score (nSPS) is 8.92. The first-order valence-corrected chi connectivity index (χ1v) is 8.99. The van der Waals surface area contributed by atoms with Crippen molar-refractivity contribution in [3.63, 3.8) is 0 Å². The lowest BCUT2D eigenvalue weighted by Crippen LogP contribution is -2.16. The van der Waals surface area contributed by atoms with E-state index in [1.165, 1.54) is 4.90 Å². The summed E-state index contributed by atoms with van der Waals surface area (Å²) in [7, 11) is 3.38. The SMILES string of the molecule is CC.CC.CN(C)C(=O)Sc1ccccc1C(=O)c1ccccc1. The van der Waals surface area contributed by atoms with Crippen LogP contribution < -0.4 is 0 Å². The highest BCUT2D eigenvalue weighted by atomic mass is 32.2. The minimum absolute atomic E-state index is 0.0692. The third kappa shape index (κ3) is 6.59. The van der Waals surface area contributed by atoms with E-state index in [9.17, 15) is 9.59 Å². The average Bonchev–Trinajstić information content (AvgIpc) is 2.65. The number of rotatable bonds is 3. The Balaban J connectivity index is 0.00000123. The van der Waals surface area contributed by atoms with Crippen LogP contribution >= 0.6 is 11.8 Å². The molecule has 0 heterocycles. The molecule has 0 N–H and O–H groups in total. The summed E-state index contributed by atoms with van der Waals surface area (Å²) in [4.78, 5) is 26.5. The number of benzene rings is 2. The maximum atomic E-state index is 12.5. The molecule has 2 aromatic carbocycles. The van der Waals surface area contributed by atoms with Gasteiger partial charge in [-0.05, 0) is 23.9 Å². The van der Waals surface area contributed by atoms with E-state index in [1.807, 2.05) is 52.0 Å². The summed E-state index contributed by atoms with van der Waals surface area (Å²) in [6.45, 7) is 8.00. The van der Waals surface area contributed by atoms with Crippen molar-refractivity contribution in [2.45, 2.75) is 32.6 Å². The zero-order chi connectivity index (χ0) is 18.5. The molecule has 3 nitrogen and oxygen atoms in total. The number of amides is 1. The molecule has 0 aromatic heterocycles. The van der Waals surface area contributed by atoms with Crippen LogP contribution in [0.2, 0.25) is 0 Å². The van der Waals surface area contributed by atoms with E-state index in [0.717, 1.165) is 11.8 Å². The summed E-state index contributed by atoms with van der Waals surface area (Å²) in [5.74, 6) is -0.0692. The molecule has 2 rings (SSSR count). The summed E-state index contributed by atoms with van der Waals surface area (Å²) in [5.41, 5.74) is 1.18. The molecule has 4 heteroatoms. The third-order valence-electron chi connectivity index (χ3n) is 2.73. The summed E-state index contributed by atoms with van der Waals surface area (Å²) in [6.07, 6.45) is 0. The second kappa shape index (κ2) is 12.4. The van der Waals surface area contributed by atoms with Crippen LogP contribution in [0.15, 0.2) is 59.5 Å². The second-order valence-electron chi connectivity index (χ2n) is 4.45. The zero-order valence-corrected chi connectivity index (χ0v) is 16.2. The van der Waals surface area contributed by atoms with E-state index in [4.69, 9.17) is 0 Å². The Morgan fingerprint density at radius 3 is 1.83 bits per heavy atom. The van der Waals surface area contributed by atoms with Gasteiger partial charge in [0.15, 0.2) is 5.78 Å². The van der Waals surface area contributed by atoms with Crippen LogP contribution in [0.1, 0.15) is 43.6 Å². The monoisotopic (exact) mass is 345 g/mol. The molecule has 2 aromatic rings. The van der Waals surface area contributed by atoms with Crippen molar-refractivity contribution in [1.29, 1.82) is 0 Å². The number of ketones is 1. The van der Waals surface area contributed by atoms with Gasteiger partial charge in [0.2, 0.25) is 0 Å². The van der Waals surface area contributed by atoms with E-state index < -0.39 is 0 Å². The van der Waals surface area contributed by atoms with Gasteiger partial charge in [0.25, 0.3) is 5.24 Å². The van der Waals surface area contributed by atoms with Gasteiger partial charge in [-0.2, -0.15) is 0 Å². The number of carbonyl (C=O) groups excluding carboxylic acids is 2. The highest BCUT2D eigenvalue weighted by Gasteiger charge is 2.16. The van der Waals surface area contributed by atoms with E-state index in [0.29, 0.717) is 16.0 Å².